The zero-order valence-electron chi connectivity index (χ0n) is 27.2. The molecule has 0 heterocycles. The summed E-state index contributed by atoms with van der Waals surface area (Å²) in [6, 6.07) is 64.4. The molecule has 0 unspecified atom stereocenters. The second-order valence-corrected chi connectivity index (χ2v) is 13.4. The maximum atomic E-state index is 2.49. The lowest BCUT2D eigenvalue weighted by atomic mass is 9.80. The van der Waals surface area contributed by atoms with Gasteiger partial charge in [-0.15, -0.1) is 0 Å². The molecule has 0 fully saturated rings. The van der Waals surface area contributed by atoms with Crippen LogP contribution in [0.3, 0.4) is 0 Å². The quantitative estimate of drug-likeness (QED) is 0.187. The van der Waals surface area contributed by atoms with Crippen LogP contribution in [0.25, 0.3) is 54.9 Å². The molecule has 8 aromatic rings. The number of hydrogen-bond donors (Lipinski definition) is 0. The van der Waals surface area contributed by atoms with Crippen molar-refractivity contribution in [2.24, 2.45) is 0 Å². The van der Waals surface area contributed by atoms with Gasteiger partial charge in [-0.3, -0.25) is 0 Å². The standard InChI is InChI=1S/C47H35N/c1-47(2)43-27-25-37(33-16-7-4-8-17-33)30-42(43)45-44(31-38-20-11-12-23-41(38)46(45)47)48(40-26-24-34-18-9-10-19-35(34)29-40)39-22-13-21-36(28-39)32-14-5-3-6-15-32/h3-31H,1-2H3. The first-order chi connectivity index (χ1) is 23.6. The highest BCUT2D eigenvalue weighted by Gasteiger charge is 2.40. The third kappa shape index (κ3) is 4.54. The first-order valence-electron chi connectivity index (χ1n) is 16.8. The summed E-state index contributed by atoms with van der Waals surface area (Å²) in [4.78, 5) is 2.49. The van der Waals surface area contributed by atoms with E-state index in [1.165, 1.54) is 71.7 Å². The van der Waals surface area contributed by atoms with Crippen molar-refractivity contribution in [2.75, 3.05) is 4.90 Å². The minimum atomic E-state index is -0.184. The van der Waals surface area contributed by atoms with Gasteiger partial charge in [0.15, 0.2) is 0 Å². The van der Waals surface area contributed by atoms with Crippen LogP contribution in [-0.2, 0) is 5.41 Å². The molecule has 0 saturated carbocycles. The lowest BCUT2D eigenvalue weighted by Crippen LogP contribution is -2.17. The molecule has 48 heavy (non-hydrogen) atoms. The Bertz CT molecular complexity index is 2470. The molecule has 1 aliphatic carbocycles. The van der Waals surface area contributed by atoms with Crippen molar-refractivity contribution in [3.8, 4) is 33.4 Å². The molecule has 228 valence electrons. The van der Waals surface area contributed by atoms with Crippen LogP contribution in [0.5, 0.6) is 0 Å². The molecule has 8 aromatic carbocycles. The summed E-state index contributed by atoms with van der Waals surface area (Å²) >= 11 is 0. The topological polar surface area (TPSA) is 3.24 Å². The Balaban J connectivity index is 1.37. The van der Waals surface area contributed by atoms with Gasteiger partial charge >= 0.3 is 0 Å². The fraction of sp³-hybridized carbons (Fsp3) is 0.0638. The van der Waals surface area contributed by atoms with Crippen LogP contribution in [0.15, 0.2) is 176 Å². The summed E-state index contributed by atoms with van der Waals surface area (Å²) < 4.78 is 0. The van der Waals surface area contributed by atoms with E-state index in [1.54, 1.807) is 0 Å². The van der Waals surface area contributed by atoms with E-state index < -0.39 is 0 Å². The molecular weight excluding hydrogens is 579 g/mol. The minimum Gasteiger partial charge on any atom is -0.310 e. The minimum absolute atomic E-state index is 0.184. The number of hydrogen-bond acceptors (Lipinski definition) is 1. The van der Waals surface area contributed by atoms with E-state index in [9.17, 15) is 0 Å². The Hall–Kier alpha value is -5.92. The Labute approximate surface area is 282 Å². The van der Waals surface area contributed by atoms with Gasteiger partial charge in [-0.05, 0) is 96.9 Å². The third-order valence-corrected chi connectivity index (χ3v) is 10.2. The fourth-order valence-corrected chi connectivity index (χ4v) is 7.87. The molecule has 0 aliphatic heterocycles. The molecule has 1 aliphatic rings. The Morgan fingerprint density at radius 1 is 0.417 bits per heavy atom. The largest absolute Gasteiger partial charge is 0.310 e. The fourth-order valence-electron chi connectivity index (χ4n) is 7.87. The van der Waals surface area contributed by atoms with Crippen molar-refractivity contribution in [3.63, 3.8) is 0 Å². The smallest absolute Gasteiger partial charge is 0.0549 e. The maximum absolute atomic E-state index is 2.49. The third-order valence-electron chi connectivity index (χ3n) is 10.2. The van der Waals surface area contributed by atoms with Gasteiger partial charge in [-0.25, -0.2) is 0 Å². The SMILES string of the molecule is CC1(C)c2ccc(-c3ccccc3)cc2-c2c(N(c3cccc(-c4ccccc4)c3)c3ccc4ccccc4c3)cc3ccccc3c21. The Kier molecular flexibility index (Phi) is 6.55. The molecule has 0 aromatic heterocycles. The van der Waals surface area contributed by atoms with E-state index in [0.29, 0.717) is 0 Å². The van der Waals surface area contributed by atoms with Crippen molar-refractivity contribution in [3.05, 3.63) is 187 Å². The molecule has 0 bridgehead atoms. The van der Waals surface area contributed by atoms with Gasteiger partial charge in [0.25, 0.3) is 0 Å². The van der Waals surface area contributed by atoms with Crippen molar-refractivity contribution in [2.45, 2.75) is 19.3 Å². The van der Waals surface area contributed by atoms with Crippen LogP contribution >= 0.6 is 0 Å². The van der Waals surface area contributed by atoms with Gasteiger partial charge in [0.05, 0.1) is 5.69 Å². The van der Waals surface area contributed by atoms with E-state index in [4.69, 9.17) is 0 Å². The normalized spacial score (nSPS) is 13.0. The number of fused-ring (bicyclic) bond motifs is 6. The van der Waals surface area contributed by atoms with Gasteiger partial charge < -0.3 is 4.90 Å². The van der Waals surface area contributed by atoms with E-state index >= 15 is 0 Å². The van der Waals surface area contributed by atoms with Gasteiger partial charge in [-0.1, -0.05) is 153 Å². The first kappa shape index (κ1) is 28.3. The van der Waals surface area contributed by atoms with Crippen LogP contribution in [0.2, 0.25) is 0 Å². The van der Waals surface area contributed by atoms with Gasteiger partial charge in [-0.2, -0.15) is 0 Å². The molecule has 0 spiro atoms. The second kappa shape index (κ2) is 11.1. The van der Waals surface area contributed by atoms with E-state index in [0.717, 1.165) is 11.4 Å². The van der Waals surface area contributed by atoms with Crippen molar-refractivity contribution in [1.29, 1.82) is 0 Å². The van der Waals surface area contributed by atoms with E-state index in [-0.39, 0.29) is 5.41 Å². The molecule has 1 heteroatoms. The number of anilines is 3. The first-order valence-corrected chi connectivity index (χ1v) is 16.8. The summed E-state index contributed by atoms with van der Waals surface area (Å²) in [5.41, 5.74) is 13.5. The summed E-state index contributed by atoms with van der Waals surface area (Å²) in [7, 11) is 0. The molecule has 0 amide bonds. The molecule has 0 radical (unpaired) electrons. The highest BCUT2D eigenvalue weighted by molar-refractivity contribution is 6.07. The van der Waals surface area contributed by atoms with Crippen molar-refractivity contribution in [1.82, 2.24) is 0 Å². The lowest BCUT2D eigenvalue weighted by Gasteiger charge is -2.30. The van der Waals surface area contributed by atoms with E-state index in [2.05, 4.69) is 195 Å². The van der Waals surface area contributed by atoms with Crippen LogP contribution in [0, 0.1) is 0 Å². The average Bonchev–Trinajstić information content (AvgIpc) is 3.39. The van der Waals surface area contributed by atoms with Crippen LogP contribution in [-0.4, -0.2) is 0 Å². The highest BCUT2D eigenvalue weighted by Crippen LogP contribution is 2.57. The van der Waals surface area contributed by atoms with Crippen LogP contribution in [0.4, 0.5) is 17.1 Å². The zero-order chi connectivity index (χ0) is 32.2. The van der Waals surface area contributed by atoms with Gasteiger partial charge in [0.1, 0.15) is 0 Å². The molecule has 0 N–H and O–H groups in total. The molecule has 0 atom stereocenters. The van der Waals surface area contributed by atoms with Gasteiger partial charge in [0.2, 0.25) is 0 Å². The molecule has 0 saturated heterocycles. The summed E-state index contributed by atoms with van der Waals surface area (Å²) in [5, 5.41) is 5.03. The number of rotatable bonds is 5. The van der Waals surface area contributed by atoms with Crippen molar-refractivity contribution >= 4 is 38.6 Å². The van der Waals surface area contributed by atoms with Gasteiger partial charge in [0, 0.05) is 22.4 Å². The van der Waals surface area contributed by atoms with Crippen LogP contribution in [0.1, 0.15) is 25.0 Å². The predicted octanol–water partition coefficient (Wildman–Crippen LogP) is 13.1. The highest BCUT2D eigenvalue weighted by atomic mass is 15.1. The average molecular weight is 614 g/mol. The number of benzene rings is 8. The van der Waals surface area contributed by atoms with Crippen molar-refractivity contribution < 1.29 is 0 Å². The second-order valence-electron chi connectivity index (χ2n) is 13.4. The monoisotopic (exact) mass is 613 g/mol. The lowest BCUT2D eigenvalue weighted by molar-refractivity contribution is 0.666. The maximum Gasteiger partial charge on any atom is 0.0549 e. The van der Waals surface area contributed by atoms with Crippen LogP contribution < -0.4 is 4.90 Å². The summed E-state index contributed by atoms with van der Waals surface area (Å²) in [5.74, 6) is 0. The Morgan fingerprint density at radius 2 is 1.02 bits per heavy atom. The Morgan fingerprint density at radius 3 is 1.77 bits per heavy atom. The summed E-state index contributed by atoms with van der Waals surface area (Å²) in [6.45, 7) is 4.79. The predicted molar refractivity (Wildman–Crippen MR) is 205 cm³/mol. The number of nitrogens with zero attached hydrogens (tertiary/aromatic N) is 1. The molecule has 1 nitrogen and oxygen atoms in total. The summed E-state index contributed by atoms with van der Waals surface area (Å²) in [6.07, 6.45) is 0. The molecule has 9 rings (SSSR count). The van der Waals surface area contributed by atoms with E-state index in [1.807, 2.05) is 0 Å². The zero-order valence-corrected chi connectivity index (χ0v) is 27.2. The molecular formula is C47H35N.